The standard InChI is InChI=1S/C20H15F3N4O3/c21-20(22,23)15-7-8-17(28)27(12-15)11-13-3-5-14(6-4-13)18(29)26-19(30)25-16-2-1-9-24-10-16/h1-10,12H,11H2,(H2,25,26,29,30). The maximum absolute atomic E-state index is 12.8. The van der Waals surface area contributed by atoms with E-state index in [-0.39, 0.29) is 12.1 Å². The number of nitrogens with one attached hydrogen (secondary N) is 2. The van der Waals surface area contributed by atoms with Crippen molar-refractivity contribution in [2.24, 2.45) is 0 Å². The maximum Gasteiger partial charge on any atom is 0.417 e. The van der Waals surface area contributed by atoms with Gasteiger partial charge in [-0.25, -0.2) is 4.79 Å². The van der Waals surface area contributed by atoms with Gasteiger partial charge in [0, 0.05) is 24.0 Å². The molecule has 3 rings (SSSR count). The van der Waals surface area contributed by atoms with Crippen molar-refractivity contribution in [3.63, 3.8) is 0 Å². The highest BCUT2D eigenvalue weighted by Crippen LogP contribution is 2.28. The number of anilines is 1. The maximum atomic E-state index is 12.8. The molecule has 7 nitrogen and oxygen atoms in total. The van der Waals surface area contributed by atoms with Crippen LogP contribution in [0.3, 0.4) is 0 Å². The molecule has 3 aromatic rings. The number of imide groups is 1. The number of amides is 3. The van der Waals surface area contributed by atoms with Crippen molar-refractivity contribution in [1.29, 1.82) is 0 Å². The molecule has 10 heteroatoms. The molecule has 2 N–H and O–H groups in total. The second-order valence-corrected chi connectivity index (χ2v) is 6.23. The summed E-state index contributed by atoms with van der Waals surface area (Å²) in [6.07, 6.45) is -0.878. The fraction of sp³-hybridized carbons (Fsp3) is 0.100. The number of nitrogens with zero attached hydrogens (tertiary/aromatic N) is 2. The molecule has 0 aliphatic heterocycles. The molecule has 2 aromatic heterocycles. The third-order valence-electron chi connectivity index (χ3n) is 4.03. The normalized spacial score (nSPS) is 11.0. The van der Waals surface area contributed by atoms with Crippen LogP contribution < -0.4 is 16.2 Å². The van der Waals surface area contributed by atoms with E-state index in [0.29, 0.717) is 11.3 Å². The van der Waals surface area contributed by atoms with Crippen molar-refractivity contribution in [3.8, 4) is 0 Å². The Hall–Kier alpha value is -3.95. The minimum absolute atomic E-state index is 0.105. The molecule has 0 saturated carbocycles. The van der Waals surface area contributed by atoms with Crippen molar-refractivity contribution >= 4 is 17.6 Å². The summed E-state index contributed by atoms with van der Waals surface area (Å²) < 4.78 is 39.4. The predicted molar refractivity (Wildman–Crippen MR) is 102 cm³/mol. The number of halogens is 3. The summed E-state index contributed by atoms with van der Waals surface area (Å²) >= 11 is 0. The summed E-state index contributed by atoms with van der Waals surface area (Å²) in [7, 11) is 0. The van der Waals surface area contributed by atoms with Gasteiger partial charge in [-0.15, -0.1) is 0 Å². The van der Waals surface area contributed by atoms with E-state index in [1.165, 1.54) is 36.7 Å². The molecule has 0 saturated heterocycles. The van der Waals surface area contributed by atoms with Crippen molar-refractivity contribution in [3.05, 3.63) is 94.2 Å². The van der Waals surface area contributed by atoms with Gasteiger partial charge in [-0.2, -0.15) is 13.2 Å². The number of urea groups is 1. The second-order valence-electron chi connectivity index (χ2n) is 6.23. The number of rotatable bonds is 4. The Balaban J connectivity index is 1.66. The first kappa shape index (κ1) is 20.8. The minimum atomic E-state index is -4.56. The third-order valence-corrected chi connectivity index (χ3v) is 4.03. The Labute approximate surface area is 168 Å². The average molecular weight is 416 g/mol. The van der Waals surface area contributed by atoms with Gasteiger partial charge in [-0.3, -0.25) is 19.9 Å². The molecular formula is C20H15F3N4O3. The lowest BCUT2D eigenvalue weighted by Gasteiger charge is -2.11. The summed E-state index contributed by atoms with van der Waals surface area (Å²) in [6, 6.07) is 9.83. The van der Waals surface area contributed by atoms with Gasteiger partial charge in [-0.1, -0.05) is 12.1 Å². The van der Waals surface area contributed by atoms with Crippen LogP contribution in [0.15, 0.2) is 71.9 Å². The largest absolute Gasteiger partial charge is 0.417 e. The summed E-state index contributed by atoms with van der Waals surface area (Å²) in [5.74, 6) is -0.667. The molecule has 0 spiro atoms. The highest BCUT2D eigenvalue weighted by Gasteiger charge is 2.31. The van der Waals surface area contributed by atoms with Gasteiger partial charge in [-0.05, 0) is 35.9 Å². The van der Waals surface area contributed by atoms with E-state index in [1.54, 1.807) is 12.1 Å². The Kier molecular flexibility index (Phi) is 5.95. The predicted octanol–water partition coefficient (Wildman–Crippen LogP) is 3.27. The molecule has 0 aliphatic rings. The quantitative estimate of drug-likeness (QED) is 0.683. The van der Waals surface area contributed by atoms with Gasteiger partial charge < -0.3 is 9.88 Å². The molecular weight excluding hydrogens is 401 g/mol. The van der Waals surface area contributed by atoms with Crippen LogP contribution in [0.25, 0.3) is 0 Å². The van der Waals surface area contributed by atoms with E-state index in [9.17, 15) is 27.6 Å². The highest BCUT2D eigenvalue weighted by atomic mass is 19.4. The van der Waals surface area contributed by atoms with Crippen molar-refractivity contribution in [2.45, 2.75) is 12.7 Å². The van der Waals surface area contributed by atoms with Gasteiger partial charge in [0.2, 0.25) is 0 Å². The molecule has 0 fully saturated rings. The van der Waals surface area contributed by atoms with Gasteiger partial charge >= 0.3 is 12.2 Å². The second kappa shape index (κ2) is 8.60. The zero-order chi connectivity index (χ0) is 21.7. The Morgan fingerprint density at radius 2 is 1.77 bits per heavy atom. The zero-order valence-electron chi connectivity index (χ0n) is 15.3. The van der Waals surface area contributed by atoms with E-state index < -0.39 is 29.2 Å². The molecule has 0 aliphatic carbocycles. The average Bonchev–Trinajstić information content (AvgIpc) is 2.70. The van der Waals surface area contributed by atoms with Crippen LogP contribution in [-0.4, -0.2) is 21.5 Å². The van der Waals surface area contributed by atoms with E-state index in [4.69, 9.17) is 0 Å². The van der Waals surface area contributed by atoms with E-state index in [1.807, 2.05) is 0 Å². The number of benzene rings is 1. The number of hydrogen-bond donors (Lipinski definition) is 2. The number of carbonyl (C=O) groups excluding carboxylic acids is 2. The Bertz CT molecular complexity index is 1110. The molecule has 30 heavy (non-hydrogen) atoms. The summed E-state index contributed by atoms with van der Waals surface area (Å²) in [6.45, 7) is -0.105. The molecule has 2 heterocycles. The topological polar surface area (TPSA) is 93.1 Å². The van der Waals surface area contributed by atoms with E-state index in [0.717, 1.165) is 22.9 Å². The van der Waals surface area contributed by atoms with E-state index >= 15 is 0 Å². The lowest BCUT2D eigenvalue weighted by molar-refractivity contribution is -0.138. The number of pyridine rings is 2. The summed E-state index contributed by atoms with van der Waals surface area (Å²) in [4.78, 5) is 39.7. The first-order valence-electron chi connectivity index (χ1n) is 8.61. The Morgan fingerprint density at radius 1 is 1.03 bits per heavy atom. The monoisotopic (exact) mass is 416 g/mol. The van der Waals surface area contributed by atoms with Crippen LogP contribution in [0.4, 0.5) is 23.7 Å². The fourth-order valence-corrected chi connectivity index (χ4v) is 2.56. The van der Waals surface area contributed by atoms with Crippen molar-refractivity contribution in [1.82, 2.24) is 14.9 Å². The smallest absolute Gasteiger partial charge is 0.311 e. The van der Waals surface area contributed by atoms with E-state index in [2.05, 4.69) is 15.6 Å². The lowest BCUT2D eigenvalue weighted by atomic mass is 10.1. The number of aromatic nitrogens is 2. The number of hydrogen-bond acceptors (Lipinski definition) is 4. The first-order chi connectivity index (χ1) is 14.2. The van der Waals surface area contributed by atoms with Crippen LogP contribution in [0, 0.1) is 0 Å². The molecule has 1 aromatic carbocycles. The molecule has 0 bridgehead atoms. The molecule has 3 amide bonds. The number of alkyl halides is 3. The zero-order valence-corrected chi connectivity index (χ0v) is 15.3. The van der Waals surface area contributed by atoms with Crippen LogP contribution >= 0.6 is 0 Å². The van der Waals surface area contributed by atoms with Crippen molar-refractivity contribution < 1.29 is 22.8 Å². The van der Waals surface area contributed by atoms with Crippen LogP contribution in [0.5, 0.6) is 0 Å². The third kappa shape index (κ3) is 5.31. The van der Waals surface area contributed by atoms with Crippen molar-refractivity contribution in [2.75, 3.05) is 5.32 Å². The summed E-state index contributed by atoms with van der Waals surface area (Å²) in [5.41, 5.74) is -0.441. The Morgan fingerprint density at radius 3 is 2.40 bits per heavy atom. The molecule has 0 atom stereocenters. The molecule has 154 valence electrons. The minimum Gasteiger partial charge on any atom is -0.311 e. The fourth-order valence-electron chi connectivity index (χ4n) is 2.56. The van der Waals surface area contributed by atoms with Crippen LogP contribution in [0.2, 0.25) is 0 Å². The first-order valence-corrected chi connectivity index (χ1v) is 8.61. The van der Waals surface area contributed by atoms with Crippen LogP contribution in [-0.2, 0) is 12.7 Å². The van der Waals surface area contributed by atoms with Gasteiger partial charge in [0.05, 0.1) is 24.0 Å². The van der Waals surface area contributed by atoms with Crippen LogP contribution in [0.1, 0.15) is 21.5 Å². The molecule has 0 unspecified atom stereocenters. The van der Waals surface area contributed by atoms with Gasteiger partial charge in [0.15, 0.2) is 0 Å². The van der Waals surface area contributed by atoms with Gasteiger partial charge in [0.25, 0.3) is 11.5 Å². The lowest BCUT2D eigenvalue weighted by Crippen LogP contribution is -2.34. The SMILES string of the molecule is O=C(NC(=O)c1ccc(Cn2cc(C(F)(F)F)ccc2=O)cc1)Nc1cccnc1. The summed E-state index contributed by atoms with van der Waals surface area (Å²) in [5, 5.41) is 4.60. The highest BCUT2D eigenvalue weighted by molar-refractivity contribution is 6.07. The molecule has 0 radical (unpaired) electrons. The number of carbonyl (C=O) groups is 2. The van der Waals surface area contributed by atoms with Gasteiger partial charge in [0.1, 0.15) is 0 Å².